The van der Waals surface area contributed by atoms with Crippen LogP contribution in [-0.2, 0) is 42.9 Å². The van der Waals surface area contributed by atoms with Crippen LogP contribution in [0.15, 0.2) is 30.3 Å². The van der Waals surface area contributed by atoms with Gasteiger partial charge < -0.3 is 28.4 Å². The lowest BCUT2D eigenvalue weighted by Gasteiger charge is -2.46. The average molecular weight is 687 g/mol. The predicted molar refractivity (Wildman–Crippen MR) is 182 cm³/mol. The Morgan fingerprint density at radius 2 is 1.20 bits per heavy atom. The Labute approximate surface area is 290 Å². The van der Waals surface area contributed by atoms with Crippen molar-refractivity contribution in [3.8, 4) is 11.8 Å². The van der Waals surface area contributed by atoms with E-state index in [1.54, 1.807) is 114 Å². The highest BCUT2D eigenvalue weighted by molar-refractivity contribution is 5.78. The normalized spacial score (nSPS) is 22.4. The molecule has 0 amide bonds. The molecule has 2 rings (SSSR count). The Balaban J connectivity index is 2.70. The van der Waals surface area contributed by atoms with Gasteiger partial charge in [0.25, 0.3) is 0 Å². The molecule has 0 unspecified atom stereocenters. The summed E-state index contributed by atoms with van der Waals surface area (Å²) in [5.74, 6) is -1.88. The summed E-state index contributed by atoms with van der Waals surface area (Å²) >= 11 is 0. The first-order chi connectivity index (χ1) is 22.4. The number of esters is 4. The second-order valence-electron chi connectivity index (χ2n) is 16.2. The van der Waals surface area contributed by atoms with E-state index < -0.39 is 88.8 Å². The smallest absolute Gasteiger partial charge is 0.311 e. The van der Waals surface area contributed by atoms with Crippen molar-refractivity contribution in [1.82, 2.24) is 5.32 Å². The number of carbonyl (C=O) groups excluding carboxylic acids is 4. The number of nitrogens with one attached hydrogen (secondary N) is 1. The zero-order valence-corrected chi connectivity index (χ0v) is 31.2. The number of hydrogen-bond donors (Lipinski definition) is 1. The van der Waals surface area contributed by atoms with Gasteiger partial charge in [0, 0.05) is 0 Å². The molecule has 0 aromatic heterocycles. The molecule has 1 aromatic carbocycles. The van der Waals surface area contributed by atoms with E-state index in [4.69, 9.17) is 28.4 Å². The van der Waals surface area contributed by atoms with E-state index in [1.807, 2.05) is 12.1 Å². The minimum absolute atomic E-state index is 0.404. The summed E-state index contributed by atoms with van der Waals surface area (Å²) in [6.07, 6.45) is -3.41. The van der Waals surface area contributed by atoms with E-state index in [0.29, 0.717) is 5.75 Å². The molecule has 49 heavy (non-hydrogen) atoms. The quantitative estimate of drug-likeness (QED) is 0.248. The Kier molecular flexibility index (Phi) is 13.6. The molecule has 0 bridgehead atoms. The molecule has 0 aliphatic carbocycles. The summed E-state index contributed by atoms with van der Waals surface area (Å²) in [5.41, 5.74) is -3.09. The van der Waals surface area contributed by atoms with Gasteiger partial charge in [0.2, 0.25) is 0 Å². The molecule has 6 atom stereocenters. The van der Waals surface area contributed by atoms with E-state index >= 15 is 0 Å². The number of nitrogens with zero attached hydrogens (tertiary/aromatic N) is 1. The highest BCUT2D eigenvalue weighted by Crippen LogP contribution is 2.34. The highest BCUT2D eigenvalue weighted by atomic mass is 16.7. The number of carbonyl (C=O) groups is 4. The third kappa shape index (κ3) is 12.2. The monoisotopic (exact) mass is 686 g/mol. The summed E-state index contributed by atoms with van der Waals surface area (Å²) in [4.78, 5) is 53.1. The summed E-state index contributed by atoms with van der Waals surface area (Å²) in [7, 11) is 1.56. The summed E-state index contributed by atoms with van der Waals surface area (Å²) < 4.78 is 35.2. The van der Waals surface area contributed by atoms with Crippen LogP contribution in [-0.4, -0.2) is 74.3 Å². The Bertz CT molecular complexity index is 1380. The molecule has 1 heterocycles. The number of methoxy groups -OCH3 is 1. The van der Waals surface area contributed by atoms with Crippen LogP contribution in [0.25, 0.3) is 6.08 Å². The van der Waals surface area contributed by atoms with Crippen LogP contribution in [0.1, 0.15) is 88.6 Å². The minimum atomic E-state index is -1.43. The molecule has 1 aliphatic rings. The van der Waals surface area contributed by atoms with E-state index in [1.165, 1.54) is 0 Å². The first-order valence-electron chi connectivity index (χ1n) is 16.3. The number of nitriles is 1. The first kappa shape index (κ1) is 41.2. The fourth-order valence-electron chi connectivity index (χ4n) is 4.10. The van der Waals surface area contributed by atoms with Gasteiger partial charge in [-0.05, 0) is 101 Å². The van der Waals surface area contributed by atoms with Gasteiger partial charge in [0.05, 0.1) is 34.8 Å². The van der Waals surface area contributed by atoms with Gasteiger partial charge in [-0.25, -0.2) is 0 Å². The molecule has 0 spiro atoms. The van der Waals surface area contributed by atoms with Gasteiger partial charge in [-0.2, -0.15) is 5.26 Å². The predicted octanol–water partition coefficient (Wildman–Crippen LogP) is 5.38. The number of rotatable bonds is 10. The SMILES string of the molecule is COc1ccc(/C=C/[C@H](C#N)N[C@@H]2O[C@H](COC(=O)C(C)(C)C)[C@@H](OC(=O)C(C)(C)C)[C@H](OC(=O)C(C)(C)C)[C@H]2OC(=O)C(C)(C)C)cc1. The Morgan fingerprint density at radius 3 is 1.63 bits per heavy atom. The van der Waals surface area contributed by atoms with Gasteiger partial charge >= 0.3 is 23.9 Å². The van der Waals surface area contributed by atoms with Gasteiger partial charge in [-0.15, -0.1) is 0 Å². The number of ether oxygens (including phenoxy) is 6. The second-order valence-corrected chi connectivity index (χ2v) is 16.2. The molecule has 272 valence electrons. The van der Waals surface area contributed by atoms with E-state index in [2.05, 4.69) is 11.4 Å². The molecule has 1 fully saturated rings. The van der Waals surface area contributed by atoms with E-state index in [9.17, 15) is 24.4 Å². The van der Waals surface area contributed by atoms with Gasteiger partial charge in [-0.1, -0.05) is 24.3 Å². The Hall–Kier alpha value is -3.95. The molecule has 1 saturated heterocycles. The van der Waals surface area contributed by atoms with Crippen molar-refractivity contribution in [3.63, 3.8) is 0 Å². The van der Waals surface area contributed by atoms with Crippen molar-refractivity contribution in [2.45, 2.75) is 120 Å². The maximum absolute atomic E-state index is 13.5. The lowest BCUT2D eigenvalue weighted by atomic mass is 9.92. The van der Waals surface area contributed by atoms with Crippen LogP contribution in [0, 0.1) is 33.0 Å². The van der Waals surface area contributed by atoms with Crippen molar-refractivity contribution >= 4 is 30.0 Å². The van der Waals surface area contributed by atoms with Crippen molar-refractivity contribution in [2.75, 3.05) is 13.7 Å². The zero-order chi connectivity index (χ0) is 37.5. The van der Waals surface area contributed by atoms with Crippen molar-refractivity contribution in [1.29, 1.82) is 5.26 Å². The van der Waals surface area contributed by atoms with Crippen LogP contribution in [0.4, 0.5) is 0 Å². The van der Waals surface area contributed by atoms with Gasteiger partial charge in [0.1, 0.15) is 24.5 Å². The van der Waals surface area contributed by atoms with Crippen LogP contribution >= 0.6 is 0 Å². The fourth-order valence-corrected chi connectivity index (χ4v) is 4.10. The molecule has 1 aliphatic heterocycles. The molecule has 12 heteroatoms. The molecule has 1 aromatic rings. The first-order valence-corrected chi connectivity index (χ1v) is 16.3. The topological polar surface area (TPSA) is 159 Å². The third-order valence-electron chi connectivity index (χ3n) is 7.27. The largest absolute Gasteiger partial charge is 0.497 e. The summed E-state index contributed by atoms with van der Waals surface area (Å²) in [6, 6.07) is 8.32. The lowest BCUT2D eigenvalue weighted by molar-refractivity contribution is -0.265. The molecule has 12 nitrogen and oxygen atoms in total. The average Bonchev–Trinajstić information content (AvgIpc) is 2.98. The molecular formula is C37H54N2O10. The molecule has 0 radical (unpaired) electrons. The summed E-state index contributed by atoms with van der Waals surface area (Å²) in [5, 5.41) is 13.2. The standard InChI is InChI=1S/C37H54N2O10/c1-34(2,3)30(40)45-21-25-26(47-31(41)35(4,5)6)27(48-32(42)36(7,8)9)28(49-33(43)37(10,11)12)29(46-25)39-23(20-38)17-14-22-15-18-24(44-13)19-16-22/h14-19,23,25-29,39H,21H2,1-13H3/b17-14+/t23-,25-,26-,27+,28-,29-/m1/s1. The van der Waals surface area contributed by atoms with Gasteiger partial charge in [-0.3, -0.25) is 24.5 Å². The Morgan fingerprint density at radius 1 is 0.755 bits per heavy atom. The fraction of sp³-hybridized carbons (Fsp3) is 0.649. The molecular weight excluding hydrogens is 632 g/mol. The summed E-state index contributed by atoms with van der Waals surface area (Å²) in [6.45, 7) is 19.5. The minimum Gasteiger partial charge on any atom is -0.497 e. The van der Waals surface area contributed by atoms with E-state index in [-0.39, 0.29) is 0 Å². The van der Waals surface area contributed by atoms with Crippen LogP contribution in [0.2, 0.25) is 0 Å². The highest BCUT2D eigenvalue weighted by Gasteiger charge is 2.54. The van der Waals surface area contributed by atoms with Crippen LogP contribution < -0.4 is 10.1 Å². The van der Waals surface area contributed by atoms with E-state index in [0.717, 1.165) is 5.56 Å². The van der Waals surface area contributed by atoms with Gasteiger partial charge in [0.15, 0.2) is 24.5 Å². The molecule has 0 saturated carbocycles. The third-order valence-corrected chi connectivity index (χ3v) is 7.27. The van der Waals surface area contributed by atoms with Crippen LogP contribution in [0.3, 0.4) is 0 Å². The van der Waals surface area contributed by atoms with Crippen LogP contribution in [0.5, 0.6) is 5.75 Å². The number of hydrogen-bond acceptors (Lipinski definition) is 12. The zero-order valence-electron chi connectivity index (χ0n) is 31.2. The molecule has 1 N–H and O–H groups in total. The van der Waals surface area contributed by atoms with Crippen molar-refractivity contribution < 1.29 is 47.6 Å². The van der Waals surface area contributed by atoms with Crippen molar-refractivity contribution in [3.05, 3.63) is 35.9 Å². The maximum atomic E-state index is 13.5. The number of benzene rings is 1. The maximum Gasteiger partial charge on any atom is 0.311 e. The lowest BCUT2D eigenvalue weighted by Crippen LogP contribution is -2.67. The second kappa shape index (κ2) is 16.2. The van der Waals surface area contributed by atoms with Crippen molar-refractivity contribution in [2.24, 2.45) is 21.7 Å².